The minimum absolute atomic E-state index is 0.901. The molecule has 2 aromatic heterocycles. The minimum Gasteiger partial charge on any atom is -0.264 e. The Hall–Kier alpha value is -1.81. The summed E-state index contributed by atoms with van der Waals surface area (Å²) in [5, 5.41) is 0. The van der Waals surface area contributed by atoms with E-state index in [-0.39, 0.29) is 0 Å². The molecule has 0 aliphatic heterocycles. The summed E-state index contributed by atoms with van der Waals surface area (Å²) in [6.07, 6.45) is 3.83. The monoisotopic (exact) mass is 241 g/mol. The Bertz CT molecular complexity index is 646. The van der Waals surface area contributed by atoms with Crippen LogP contribution in [0.3, 0.4) is 0 Å². The van der Waals surface area contributed by atoms with Crippen molar-refractivity contribution in [3.8, 4) is 11.5 Å². The summed E-state index contributed by atoms with van der Waals surface area (Å²) in [4.78, 5) is 8.99. The Balaban J connectivity index is 2.30. The molecule has 0 aliphatic rings. The molecule has 3 aromatic rings. The number of pyridine rings is 1. The van der Waals surface area contributed by atoms with Crippen molar-refractivity contribution in [1.29, 1.82) is 0 Å². The number of aromatic nitrogens is 3. The molecule has 0 fully saturated rings. The Labute approximate surface area is 104 Å². The molecular formula is C13H11N3S. The maximum Gasteiger partial charge on any atom is 0.170 e. The van der Waals surface area contributed by atoms with Crippen molar-refractivity contribution in [3.05, 3.63) is 48.7 Å². The molecule has 0 N–H and O–H groups in total. The first-order valence-electron chi connectivity index (χ1n) is 5.33. The molecule has 0 atom stereocenters. The van der Waals surface area contributed by atoms with E-state index in [4.69, 9.17) is 0 Å². The Kier molecular flexibility index (Phi) is 2.57. The van der Waals surface area contributed by atoms with Crippen molar-refractivity contribution in [3.63, 3.8) is 0 Å². The Morgan fingerprint density at radius 2 is 1.88 bits per heavy atom. The van der Waals surface area contributed by atoms with Gasteiger partial charge in [0.1, 0.15) is 5.69 Å². The normalized spacial score (nSPS) is 10.9. The van der Waals surface area contributed by atoms with Crippen molar-refractivity contribution in [2.24, 2.45) is 0 Å². The van der Waals surface area contributed by atoms with Crippen LogP contribution in [-0.2, 0) is 0 Å². The third kappa shape index (κ3) is 1.70. The van der Waals surface area contributed by atoms with E-state index in [1.807, 2.05) is 42.7 Å². The zero-order valence-corrected chi connectivity index (χ0v) is 10.2. The smallest absolute Gasteiger partial charge is 0.170 e. The summed E-state index contributed by atoms with van der Waals surface area (Å²) < 4.78 is 2.11. The van der Waals surface area contributed by atoms with Crippen LogP contribution in [0.1, 0.15) is 0 Å². The van der Waals surface area contributed by atoms with E-state index in [0.29, 0.717) is 0 Å². The van der Waals surface area contributed by atoms with Gasteiger partial charge in [-0.05, 0) is 36.2 Å². The lowest BCUT2D eigenvalue weighted by molar-refractivity contribution is 1.20. The van der Waals surface area contributed by atoms with Crippen molar-refractivity contribution in [2.45, 2.75) is 0 Å². The van der Waals surface area contributed by atoms with E-state index in [9.17, 15) is 0 Å². The number of para-hydroxylation sites is 2. The first-order chi connectivity index (χ1) is 8.40. The molecule has 4 heteroatoms. The quantitative estimate of drug-likeness (QED) is 0.690. The fraction of sp³-hybridized carbons (Fsp3) is 0.0769. The van der Waals surface area contributed by atoms with Crippen LogP contribution in [0, 0.1) is 0 Å². The zero-order chi connectivity index (χ0) is 11.7. The Morgan fingerprint density at radius 3 is 2.65 bits per heavy atom. The van der Waals surface area contributed by atoms with Crippen LogP contribution in [-0.4, -0.2) is 20.2 Å². The van der Waals surface area contributed by atoms with E-state index in [2.05, 4.69) is 20.0 Å². The van der Waals surface area contributed by atoms with Gasteiger partial charge in [0, 0.05) is 12.5 Å². The SMILES string of the molecule is CSn1c(-c2ccccn2)nc2ccccc21. The minimum atomic E-state index is 0.901. The predicted molar refractivity (Wildman–Crippen MR) is 71.9 cm³/mol. The average molecular weight is 241 g/mol. The first kappa shape index (κ1) is 10.4. The molecule has 3 nitrogen and oxygen atoms in total. The molecule has 0 radical (unpaired) electrons. The van der Waals surface area contributed by atoms with Crippen molar-refractivity contribution in [1.82, 2.24) is 13.9 Å². The van der Waals surface area contributed by atoms with Crippen LogP contribution in [0.4, 0.5) is 0 Å². The molecule has 0 spiro atoms. The van der Waals surface area contributed by atoms with Crippen molar-refractivity contribution < 1.29 is 0 Å². The van der Waals surface area contributed by atoms with Gasteiger partial charge in [0.05, 0.1) is 11.0 Å². The molecule has 0 saturated heterocycles. The van der Waals surface area contributed by atoms with Gasteiger partial charge in [-0.1, -0.05) is 18.2 Å². The standard InChI is InChI=1S/C13H11N3S/c1-17-16-12-8-3-2-6-10(12)15-13(16)11-7-4-5-9-14-11/h2-9H,1H3. The van der Waals surface area contributed by atoms with E-state index in [1.54, 1.807) is 18.1 Å². The highest BCUT2D eigenvalue weighted by molar-refractivity contribution is 7.97. The lowest BCUT2D eigenvalue weighted by Crippen LogP contribution is -1.92. The van der Waals surface area contributed by atoms with Crippen LogP contribution < -0.4 is 0 Å². The second-order valence-corrected chi connectivity index (χ2v) is 4.35. The highest BCUT2D eigenvalue weighted by Gasteiger charge is 2.11. The maximum absolute atomic E-state index is 4.63. The highest BCUT2D eigenvalue weighted by Crippen LogP contribution is 2.26. The van der Waals surface area contributed by atoms with E-state index in [0.717, 1.165) is 22.6 Å². The second-order valence-electron chi connectivity index (χ2n) is 3.62. The molecule has 2 heterocycles. The van der Waals surface area contributed by atoms with Crippen LogP contribution in [0.25, 0.3) is 22.6 Å². The van der Waals surface area contributed by atoms with E-state index < -0.39 is 0 Å². The lowest BCUT2D eigenvalue weighted by atomic mass is 10.3. The molecule has 0 bridgehead atoms. The molecule has 0 unspecified atom stereocenters. The molecule has 84 valence electrons. The zero-order valence-electron chi connectivity index (χ0n) is 9.37. The number of nitrogens with zero attached hydrogens (tertiary/aromatic N) is 3. The van der Waals surface area contributed by atoms with Crippen LogP contribution in [0.5, 0.6) is 0 Å². The van der Waals surface area contributed by atoms with Gasteiger partial charge in [-0.3, -0.25) is 8.96 Å². The van der Waals surface area contributed by atoms with Crippen molar-refractivity contribution >= 4 is 23.0 Å². The van der Waals surface area contributed by atoms with Gasteiger partial charge in [-0.15, -0.1) is 0 Å². The largest absolute Gasteiger partial charge is 0.264 e. The lowest BCUT2D eigenvalue weighted by Gasteiger charge is -2.03. The molecule has 3 rings (SSSR count). The van der Waals surface area contributed by atoms with Gasteiger partial charge in [-0.25, -0.2) is 4.98 Å². The third-order valence-electron chi connectivity index (χ3n) is 2.60. The maximum atomic E-state index is 4.63. The van der Waals surface area contributed by atoms with E-state index >= 15 is 0 Å². The number of fused-ring (bicyclic) bond motifs is 1. The fourth-order valence-corrected chi connectivity index (χ4v) is 2.50. The number of hydrogen-bond acceptors (Lipinski definition) is 3. The summed E-state index contributed by atoms with van der Waals surface area (Å²) in [7, 11) is 0. The summed E-state index contributed by atoms with van der Waals surface area (Å²) in [5.74, 6) is 0.902. The molecule has 0 amide bonds. The Morgan fingerprint density at radius 1 is 1.06 bits per heavy atom. The number of rotatable bonds is 2. The van der Waals surface area contributed by atoms with Gasteiger partial charge >= 0.3 is 0 Å². The van der Waals surface area contributed by atoms with E-state index in [1.165, 1.54) is 0 Å². The third-order valence-corrected chi connectivity index (χ3v) is 3.33. The summed E-state index contributed by atoms with van der Waals surface area (Å²) >= 11 is 1.64. The molecule has 17 heavy (non-hydrogen) atoms. The van der Waals surface area contributed by atoms with Crippen LogP contribution in [0.2, 0.25) is 0 Å². The van der Waals surface area contributed by atoms with Crippen LogP contribution >= 0.6 is 11.9 Å². The van der Waals surface area contributed by atoms with Gasteiger partial charge in [0.2, 0.25) is 0 Å². The molecule has 1 aromatic carbocycles. The number of benzene rings is 1. The summed E-state index contributed by atoms with van der Waals surface area (Å²) in [6, 6.07) is 14.0. The topological polar surface area (TPSA) is 30.7 Å². The molecule has 0 saturated carbocycles. The van der Waals surface area contributed by atoms with Gasteiger partial charge < -0.3 is 0 Å². The van der Waals surface area contributed by atoms with Gasteiger partial charge in [0.25, 0.3) is 0 Å². The summed E-state index contributed by atoms with van der Waals surface area (Å²) in [6.45, 7) is 0. The summed E-state index contributed by atoms with van der Waals surface area (Å²) in [5.41, 5.74) is 3.03. The number of imidazole rings is 1. The highest BCUT2D eigenvalue weighted by atomic mass is 32.2. The fourth-order valence-electron chi connectivity index (χ4n) is 1.85. The van der Waals surface area contributed by atoms with Crippen LogP contribution in [0.15, 0.2) is 48.7 Å². The predicted octanol–water partition coefficient (Wildman–Crippen LogP) is 3.22. The molecular weight excluding hydrogens is 230 g/mol. The number of hydrogen-bond donors (Lipinski definition) is 0. The second kappa shape index (κ2) is 4.22. The average Bonchev–Trinajstić information content (AvgIpc) is 2.78. The molecule has 0 aliphatic carbocycles. The van der Waals surface area contributed by atoms with Crippen molar-refractivity contribution in [2.75, 3.05) is 6.26 Å². The van der Waals surface area contributed by atoms with Gasteiger partial charge in [-0.2, -0.15) is 0 Å². The first-order valence-corrected chi connectivity index (χ1v) is 6.51. The van der Waals surface area contributed by atoms with Gasteiger partial charge in [0.15, 0.2) is 5.82 Å².